The maximum Gasteiger partial charge on any atom is 0.348 e. The second-order valence-electron chi connectivity index (χ2n) is 4.89. The average molecular weight is 274 g/mol. The van der Waals surface area contributed by atoms with Gasteiger partial charge in [0.05, 0.1) is 7.11 Å². The molecule has 0 bridgehead atoms. The summed E-state index contributed by atoms with van der Waals surface area (Å²) in [7, 11) is 1.43. The van der Waals surface area contributed by atoms with E-state index in [0.717, 1.165) is 16.7 Å². The summed E-state index contributed by atoms with van der Waals surface area (Å²) in [4.78, 5) is 12.6. The van der Waals surface area contributed by atoms with Gasteiger partial charge in [-0.3, -0.25) is 0 Å². The van der Waals surface area contributed by atoms with Crippen LogP contribution in [0.4, 0.5) is 0 Å². The van der Waals surface area contributed by atoms with E-state index in [1.54, 1.807) is 0 Å². The predicted octanol–water partition coefficient (Wildman–Crippen LogP) is 4.44. The summed E-state index contributed by atoms with van der Waals surface area (Å²) in [5.41, 5.74) is 6.94. The van der Waals surface area contributed by atoms with Crippen molar-refractivity contribution >= 4 is 17.3 Å². The summed E-state index contributed by atoms with van der Waals surface area (Å²) in [5, 5.41) is 2.01. The normalized spacial score (nSPS) is 10.6. The largest absolute Gasteiger partial charge is 0.465 e. The second-order valence-corrected chi connectivity index (χ2v) is 5.77. The maximum absolute atomic E-state index is 11.9. The van der Waals surface area contributed by atoms with Crippen LogP contribution in [0.1, 0.15) is 31.9 Å². The molecule has 2 aromatic rings. The SMILES string of the molecule is COC(=O)c1scc(C)c1-c1c(C)cc(C)cc1C. The minimum Gasteiger partial charge on any atom is -0.465 e. The average Bonchev–Trinajstić information content (AvgIpc) is 2.70. The molecule has 0 N–H and O–H groups in total. The zero-order chi connectivity index (χ0) is 14.2. The molecule has 0 aliphatic carbocycles. The van der Waals surface area contributed by atoms with Crippen molar-refractivity contribution in [3.05, 3.63) is 44.6 Å². The molecule has 1 aromatic heterocycles. The lowest BCUT2D eigenvalue weighted by atomic mass is 9.92. The molecule has 0 fully saturated rings. The fourth-order valence-corrected chi connectivity index (χ4v) is 3.55. The Hall–Kier alpha value is -1.61. The number of carbonyl (C=O) groups is 1. The lowest BCUT2D eigenvalue weighted by Gasteiger charge is -2.13. The van der Waals surface area contributed by atoms with Crippen LogP contribution in [-0.4, -0.2) is 13.1 Å². The van der Waals surface area contributed by atoms with Crippen molar-refractivity contribution in [2.45, 2.75) is 27.7 Å². The summed E-state index contributed by atoms with van der Waals surface area (Å²) in [6.45, 7) is 8.31. The monoisotopic (exact) mass is 274 g/mol. The molecule has 2 nitrogen and oxygen atoms in total. The van der Waals surface area contributed by atoms with E-state index in [2.05, 4.69) is 32.9 Å². The molecule has 0 unspecified atom stereocenters. The molecular weight excluding hydrogens is 256 g/mol. The highest BCUT2D eigenvalue weighted by molar-refractivity contribution is 7.12. The quantitative estimate of drug-likeness (QED) is 0.757. The Balaban J connectivity index is 2.72. The number of methoxy groups -OCH3 is 1. The van der Waals surface area contributed by atoms with E-state index < -0.39 is 0 Å². The van der Waals surface area contributed by atoms with Crippen LogP contribution >= 0.6 is 11.3 Å². The molecule has 100 valence electrons. The highest BCUT2D eigenvalue weighted by Crippen LogP contribution is 2.37. The van der Waals surface area contributed by atoms with Crippen LogP contribution in [0.5, 0.6) is 0 Å². The van der Waals surface area contributed by atoms with E-state index in [9.17, 15) is 4.79 Å². The second kappa shape index (κ2) is 5.17. The highest BCUT2D eigenvalue weighted by Gasteiger charge is 2.20. The Bertz CT molecular complexity index is 615. The van der Waals surface area contributed by atoms with Crippen LogP contribution < -0.4 is 0 Å². The van der Waals surface area contributed by atoms with E-state index in [1.165, 1.54) is 35.1 Å². The summed E-state index contributed by atoms with van der Waals surface area (Å²) in [6, 6.07) is 4.31. The minimum absolute atomic E-state index is 0.257. The van der Waals surface area contributed by atoms with Crippen LogP contribution in [0, 0.1) is 27.7 Å². The van der Waals surface area contributed by atoms with Gasteiger partial charge in [-0.25, -0.2) is 4.79 Å². The number of ether oxygens (including phenoxy) is 1. The first-order valence-electron chi connectivity index (χ1n) is 6.20. The van der Waals surface area contributed by atoms with Gasteiger partial charge in [0.15, 0.2) is 0 Å². The highest BCUT2D eigenvalue weighted by atomic mass is 32.1. The van der Waals surface area contributed by atoms with Crippen molar-refractivity contribution in [3.8, 4) is 11.1 Å². The Morgan fingerprint density at radius 2 is 1.58 bits per heavy atom. The molecule has 3 heteroatoms. The molecule has 0 spiro atoms. The number of hydrogen-bond acceptors (Lipinski definition) is 3. The molecule has 0 saturated carbocycles. The third-order valence-electron chi connectivity index (χ3n) is 3.27. The zero-order valence-electron chi connectivity index (χ0n) is 12.0. The van der Waals surface area contributed by atoms with Gasteiger partial charge in [-0.2, -0.15) is 0 Å². The maximum atomic E-state index is 11.9. The van der Waals surface area contributed by atoms with Crippen molar-refractivity contribution in [1.29, 1.82) is 0 Å². The number of carbonyl (C=O) groups excluding carboxylic acids is 1. The number of hydrogen-bond donors (Lipinski definition) is 0. The predicted molar refractivity (Wildman–Crippen MR) is 80.0 cm³/mol. The third kappa shape index (κ3) is 2.43. The fraction of sp³-hybridized carbons (Fsp3) is 0.312. The molecule has 2 rings (SSSR count). The molecule has 0 amide bonds. The Morgan fingerprint density at radius 3 is 2.11 bits per heavy atom. The van der Waals surface area contributed by atoms with Gasteiger partial charge in [-0.05, 0) is 55.3 Å². The van der Waals surface area contributed by atoms with E-state index >= 15 is 0 Å². The molecular formula is C16H18O2S. The van der Waals surface area contributed by atoms with Crippen LogP contribution in [0.25, 0.3) is 11.1 Å². The Kier molecular flexibility index (Phi) is 3.76. The topological polar surface area (TPSA) is 26.3 Å². The van der Waals surface area contributed by atoms with E-state index in [4.69, 9.17) is 4.74 Å². The molecule has 0 radical (unpaired) electrons. The van der Waals surface area contributed by atoms with Gasteiger partial charge >= 0.3 is 5.97 Å². The lowest BCUT2D eigenvalue weighted by Crippen LogP contribution is -2.02. The summed E-state index contributed by atoms with van der Waals surface area (Å²) in [5.74, 6) is -0.257. The van der Waals surface area contributed by atoms with Crippen molar-refractivity contribution in [3.63, 3.8) is 0 Å². The molecule has 0 saturated heterocycles. The van der Waals surface area contributed by atoms with Crippen molar-refractivity contribution in [2.75, 3.05) is 7.11 Å². The standard InChI is InChI=1S/C16H18O2S/c1-9-6-10(2)13(11(3)7-9)14-12(4)8-19-15(14)16(17)18-5/h6-8H,1-5H3. The van der Waals surface area contributed by atoms with Crippen LogP contribution in [-0.2, 0) is 4.74 Å². The van der Waals surface area contributed by atoms with E-state index in [-0.39, 0.29) is 5.97 Å². The zero-order valence-corrected chi connectivity index (χ0v) is 12.8. The fourth-order valence-electron chi connectivity index (χ4n) is 2.57. The first-order valence-corrected chi connectivity index (χ1v) is 7.08. The summed E-state index contributed by atoms with van der Waals surface area (Å²) < 4.78 is 4.89. The smallest absolute Gasteiger partial charge is 0.348 e. The van der Waals surface area contributed by atoms with Gasteiger partial charge in [0.1, 0.15) is 4.88 Å². The molecule has 19 heavy (non-hydrogen) atoms. The first-order chi connectivity index (χ1) is 8.95. The number of rotatable bonds is 2. The van der Waals surface area contributed by atoms with Crippen molar-refractivity contribution in [1.82, 2.24) is 0 Å². The lowest BCUT2D eigenvalue weighted by molar-refractivity contribution is 0.0607. The number of esters is 1. The van der Waals surface area contributed by atoms with Gasteiger partial charge in [0, 0.05) is 5.56 Å². The molecule has 0 aliphatic heterocycles. The number of thiophene rings is 1. The first kappa shape index (κ1) is 13.8. The Morgan fingerprint density at radius 1 is 1.00 bits per heavy atom. The van der Waals surface area contributed by atoms with Crippen LogP contribution in [0.2, 0.25) is 0 Å². The van der Waals surface area contributed by atoms with Gasteiger partial charge in [-0.1, -0.05) is 17.7 Å². The van der Waals surface area contributed by atoms with Crippen LogP contribution in [0.15, 0.2) is 17.5 Å². The molecule has 0 aliphatic rings. The van der Waals surface area contributed by atoms with Crippen molar-refractivity contribution < 1.29 is 9.53 Å². The van der Waals surface area contributed by atoms with Crippen LogP contribution in [0.3, 0.4) is 0 Å². The minimum atomic E-state index is -0.257. The molecule has 1 aromatic carbocycles. The third-order valence-corrected chi connectivity index (χ3v) is 4.35. The summed E-state index contributed by atoms with van der Waals surface area (Å²) >= 11 is 1.45. The number of aryl methyl sites for hydroxylation is 4. The molecule has 1 heterocycles. The summed E-state index contributed by atoms with van der Waals surface area (Å²) in [6.07, 6.45) is 0. The number of benzene rings is 1. The van der Waals surface area contributed by atoms with E-state index in [0.29, 0.717) is 4.88 Å². The van der Waals surface area contributed by atoms with Gasteiger partial charge in [0.25, 0.3) is 0 Å². The van der Waals surface area contributed by atoms with Crippen molar-refractivity contribution in [2.24, 2.45) is 0 Å². The van der Waals surface area contributed by atoms with E-state index in [1.807, 2.05) is 12.3 Å². The Labute approximate surface area is 118 Å². The molecule has 0 atom stereocenters. The van der Waals surface area contributed by atoms with Gasteiger partial charge in [-0.15, -0.1) is 11.3 Å². The van der Waals surface area contributed by atoms with Gasteiger partial charge < -0.3 is 4.74 Å². The van der Waals surface area contributed by atoms with Gasteiger partial charge in [0.2, 0.25) is 0 Å².